The van der Waals surface area contributed by atoms with E-state index in [9.17, 15) is 5.11 Å². The van der Waals surface area contributed by atoms with Crippen molar-refractivity contribution in [2.75, 3.05) is 6.61 Å². The molecule has 0 aromatic carbocycles. The summed E-state index contributed by atoms with van der Waals surface area (Å²) in [5.41, 5.74) is 1.08. The Morgan fingerprint density at radius 2 is 2.00 bits per heavy atom. The van der Waals surface area contributed by atoms with Gasteiger partial charge in [-0.15, -0.1) is 11.3 Å². The maximum Gasteiger partial charge on any atom is 0.0937 e. The minimum Gasteiger partial charge on any atom is -0.396 e. The van der Waals surface area contributed by atoms with E-state index >= 15 is 0 Å². The molecular weight excluding hydrogens is 206 g/mol. The molecule has 1 heterocycles. The number of aromatic nitrogens is 1. The van der Waals surface area contributed by atoms with E-state index in [0.717, 1.165) is 17.1 Å². The first-order chi connectivity index (χ1) is 6.89. The van der Waals surface area contributed by atoms with Gasteiger partial charge >= 0.3 is 0 Å². The van der Waals surface area contributed by atoms with Crippen molar-refractivity contribution in [3.63, 3.8) is 0 Å². The Bertz CT molecular complexity index is 313. The summed E-state index contributed by atoms with van der Waals surface area (Å²) in [6.45, 7) is 10.8. The highest BCUT2D eigenvalue weighted by molar-refractivity contribution is 7.11. The molecule has 1 aromatic heterocycles. The zero-order chi connectivity index (χ0) is 11.6. The Kier molecular flexibility index (Phi) is 3.90. The minimum absolute atomic E-state index is 0.0449. The van der Waals surface area contributed by atoms with Gasteiger partial charge in [-0.1, -0.05) is 20.8 Å². The zero-order valence-corrected chi connectivity index (χ0v) is 11.1. The molecule has 1 unspecified atom stereocenters. The Morgan fingerprint density at radius 3 is 2.33 bits per heavy atom. The highest BCUT2D eigenvalue weighted by atomic mass is 32.1. The molecule has 0 amide bonds. The molecular formula is C12H21NOS. The average molecular weight is 227 g/mol. The quantitative estimate of drug-likeness (QED) is 0.858. The van der Waals surface area contributed by atoms with Crippen molar-refractivity contribution in [3.8, 4) is 0 Å². The summed E-state index contributed by atoms with van der Waals surface area (Å²) in [5.74, 6) is 0.465. The molecule has 1 N–H and O–H groups in total. The van der Waals surface area contributed by atoms with Crippen molar-refractivity contribution in [2.24, 2.45) is 11.3 Å². The number of hydrogen-bond acceptors (Lipinski definition) is 3. The summed E-state index contributed by atoms with van der Waals surface area (Å²) in [4.78, 5) is 5.82. The first-order valence-corrected chi connectivity index (χ1v) is 6.24. The smallest absolute Gasteiger partial charge is 0.0937 e. The van der Waals surface area contributed by atoms with Crippen molar-refractivity contribution < 1.29 is 5.11 Å². The van der Waals surface area contributed by atoms with Crippen molar-refractivity contribution in [2.45, 2.75) is 41.0 Å². The Hall–Kier alpha value is -0.410. The molecule has 15 heavy (non-hydrogen) atoms. The molecule has 1 rings (SSSR count). The van der Waals surface area contributed by atoms with Gasteiger partial charge in [-0.3, -0.25) is 0 Å². The third-order valence-electron chi connectivity index (χ3n) is 3.38. The van der Waals surface area contributed by atoms with Crippen LogP contribution in [0, 0.1) is 25.2 Å². The van der Waals surface area contributed by atoms with Gasteiger partial charge in [-0.2, -0.15) is 0 Å². The molecule has 1 aromatic rings. The summed E-state index contributed by atoms with van der Waals surface area (Å²) >= 11 is 1.75. The molecule has 86 valence electrons. The number of aliphatic hydroxyl groups is 1. The van der Waals surface area contributed by atoms with Crippen LogP contribution >= 0.6 is 11.3 Å². The zero-order valence-electron chi connectivity index (χ0n) is 10.3. The summed E-state index contributed by atoms with van der Waals surface area (Å²) in [7, 11) is 0. The van der Waals surface area contributed by atoms with Crippen LogP contribution in [0.25, 0.3) is 0 Å². The Labute approximate surface area is 96.4 Å². The fraction of sp³-hybridized carbons (Fsp3) is 0.750. The topological polar surface area (TPSA) is 33.1 Å². The highest BCUT2D eigenvalue weighted by Crippen LogP contribution is 2.32. The molecule has 1 atom stereocenters. The van der Waals surface area contributed by atoms with Crippen LogP contribution in [0.5, 0.6) is 0 Å². The molecule has 0 saturated heterocycles. The number of rotatable bonds is 4. The predicted octanol–water partition coefficient (Wildman–Crippen LogP) is 2.96. The van der Waals surface area contributed by atoms with E-state index in [1.54, 1.807) is 11.3 Å². The Morgan fingerprint density at radius 1 is 1.40 bits per heavy atom. The summed E-state index contributed by atoms with van der Waals surface area (Å²) < 4.78 is 0. The van der Waals surface area contributed by atoms with Crippen LogP contribution in [0.3, 0.4) is 0 Å². The van der Waals surface area contributed by atoms with Gasteiger partial charge in [0.15, 0.2) is 0 Å². The normalized spacial score (nSPS) is 15.7. The number of thiazole rings is 1. The van der Waals surface area contributed by atoms with Crippen LogP contribution in [0.2, 0.25) is 0 Å². The van der Waals surface area contributed by atoms with Crippen LogP contribution in [-0.4, -0.2) is 16.7 Å². The molecule has 0 aliphatic carbocycles. The summed E-state index contributed by atoms with van der Waals surface area (Å²) in [6.07, 6.45) is 0.876. The van der Waals surface area contributed by atoms with E-state index in [-0.39, 0.29) is 12.0 Å². The van der Waals surface area contributed by atoms with Gasteiger partial charge < -0.3 is 5.11 Å². The average Bonchev–Trinajstić information content (AvgIpc) is 2.45. The summed E-state index contributed by atoms with van der Waals surface area (Å²) in [5, 5.41) is 10.6. The van der Waals surface area contributed by atoms with E-state index < -0.39 is 0 Å². The van der Waals surface area contributed by atoms with E-state index in [4.69, 9.17) is 0 Å². The standard InChI is InChI=1S/C12H21NOS/c1-8(2)12(5,7-14)6-11-13-9(3)10(4)15-11/h8,14H,6-7H2,1-5H3. The van der Waals surface area contributed by atoms with Crippen LogP contribution < -0.4 is 0 Å². The predicted molar refractivity (Wildman–Crippen MR) is 65.3 cm³/mol. The Balaban J connectivity index is 2.84. The number of aryl methyl sites for hydroxylation is 2. The lowest BCUT2D eigenvalue weighted by molar-refractivity contribution is 0.0946. The second kappa shape index (κ2) is 4.62. The minimum atomic E-state index is -0.0449. The van der Waals surface area contributed by atoms with Gasteiger partial charge in [0.05, 0.1) is 10.7 Å². The van der Waals surface area contributed by atoms with Gasteiger partial charge in [0.25, 0.3) is 0 Å². The number of hydrogen-bond donors (Lipinski definition) is 1. The lowest BCUT2D eigenvalue weighted by Gasteiger charge is -2.30. The summed E-state index contributed by atoms with van der Waals surface area (Å²) in [6, 6.07) is 0. The molecule has 2 nitrogen and oxygen atoms in total. The van der Waals surface area contributed by atoms with E-state index in [0.29, 0.717) is 5.92 Å². The third kappa shape index (κ3) is 2.79. The van der Waals surface area contributed by atoms with Gasteiger partial charge in [-0.05, 0) is 25.2 Å². The fourth-order valence-electron chi connectivity index (χ4n) is 1.40. The second-order valence-corrected chi connectivity index (χ2v) is 6.18. The van der Waals surface area contributed by atoms with E-state index in [2.05, 4.69) is 32.7 Å². The van der Waals surface area contributed by atoms with Crippen molar-refractivity contribution >= 4 is 11.3 Å². The third-order valence-corrected chi connectivity index (χ3v) is 4.46. The van der Waals surface area contributed by atoms with Gasteiger partial charge in [-0.25, -0.2) is 4.98 Å². The molecule has 0 aliphatic heterocycles. The molecule has 0 aliphatic rings. The molecule has 0 saturated carbocycles. The maximum atomic E-state index is 9.47. The van der Waals surface area contributed by atoms with Crippen LogP contribution in [-0.2, 0) is 6.42 Å². The van der Waals surface area contributed by atoms with E-state index in [1.807, 2.05) is 6.92 Å². The SMILES string of the molecule is Cc1nc(CC(C)(CO)C(C)C)sc1C. The van der Waals surface area contributed by atoms with Crippen LogP contribution in [0.4, 0.5) is 0 Å². The second-order valence-electron chi connectivity index (χ2n) is 4.89. The van der Waals surface area contributed by atoms with Crippen molar-refractivity contribution in [3.05, 3.63) is 15.6 Å². The van der Waals surface area contributed by atoms with E-state index in [1.165, 1.54) is 4.88 Å². The van der Waals surface area contributed by atoms with Gasteiger partial charge in [0.1, 0.15) is 0 Å². The van der Waals surface area contributed by atoms with Crippen LogP contribution in [0.1, 0.15) is 36.3 Å². The maximum absolute atomic E-state index is 9.47. The largest absolute Gasteiger partial charge is 0.396 e. The molecule has 3 heteroatoms. The van der Waals surface area contributed by atoms with Gasteiger partial charge in [0.2, 0.25) is 0 Å². The molecule has 0 spiro atoms. The fourth-order valence-corrected chi connectivity index (χ4v) is 2.53. The van der Waals surface area contributed by atoms with Crippen molar-refractivity contribution in [1.29, 1.82) is 0 Å². The van der Waals surface area contributed by atoms with Gasteiger partial charge in [0, 0.05) is 17.9 Å². The first-order valence-electron chi connectivity index (χ1n) is 5.43. The molecule has 0 bridgehead atoms. The first kappa shape index (κ1) is 12.7. The lowest BCUT2D eigenvalue weighted by atomic mass is 9.77. The monoisotopic (exact) mass is 227 g/mol. The number of nitrogens with zero attached hydrogens (tertiary/aromatic N) is 1. The lowest BCUT2D eigenvalue weighted by Crippen LogP contribution is -2.30. The highest BCUT2D eigenvalue weighted by Gasteiger charge is 2.29. The molecule has 0 fully saturated rings. The number of aliphatic hydroxyl groups excluding tert-OH is 1. The molecule has 0 radical (unpaired) electrons. The van der Waals surface area contributed by atoms with Crippen LogP contribution in [0.15, 0.2) is 0 Å². The van der Waals surface area contributed by atoms with Crippen molar-refractivity contribution in [1.82, 2.24) is 4.98 Å².